The molecule has 0 N–H and O–H groups in total. The standard InChI is InChI=1S/C15H23N3O2/c1-9(2)13-6-11(4)16-15(17-13)18-7-10(3)12(8-18)14(19)20-5/h6,9-10,12H,7-8H2,1-5H3. The number of esters is 1. The molecule has 1 fully saturated rings. The fraction of sp³-hybridized carbons (Fsp3) is 0.667. The first-order valence-corrected chi connectivity index (χ1v) is 7.10. The Kier molecular flexibility index (Phi) is 4.26. The zero-order chi connectivity index (χ0) is 14.9. The number of ether oxygens (including phenoxy) is 1. The zero-order valence-corrected chi connectivity index (χ0v) is 12.9. The van der Waals surface area contributed by atoms with Crippen molar-refractivity contribution >= 4 is 11.9 Å². The highest BCUT2D eigenvalue weighted by Gasteiger charge is 2.36. The average Bonchev–Trinajstić information content (AvgIpc) is 2.79. The largest absolute Gasteiger partial charge is 0.469 e. The van der Waals surface area contributed by atoms with Gasteiger partial charge < -0.3 is 9.64 Å². The van der Waals surface area contributed by atoms with Crippen molar-refractivity contribution in [3.63, 3.8) is 0 Å². The molecular weight excluding hydrogens is 254 g/mol. The molecule has 0 radical (unpaired) electrons. The summed E-state index contributed by atoms with van der Waals surface area (Å²) in [6, 6.07) is 2.02. The number of aromatic nitrogens is 2. The number of methoxy groups -OCH3 is 1. The molecule has 1 aromatic rings. The van der Waals surface area contributed by atoms with Crippen LogP contribution in [-0.4, -0.2) is 36.1 Å². The van der Waals surface area contributed by atoms with Crippen molar-refractivity contribution in [2.75, 3.05) is 25.1 Å². The van der Waals surface area contributed by atoms with Crippen LogP contribution >= 0.6 is 0 Å². The predicted molar refractivity (Wildman–Crippen MR) is 77.7 cm³/mol. The molecule has 0 aromatic carbocycles. The quantitative estimate of drug-likeness (QED) is 0.792. The highest BCUT2D eigenvalue weighted by molar-refractivity contribution is 5.74. The maximum atomic E-state index is 11.8. The van der Waals surface area contributed by atoms with Gasteiger partial charge in [0.25, 0.3) is 0 Å². The van der Waals surface area contributed by atoms with Crippen molar-refractivity contribution in [2.24, 2.45) is 11.8 Å². The normalized spacial score (nSPS) is 22.4. The number of rotatable bonds is 3. The van der Waals surface area contributed by atoms with Crippen molar-refractivity contribution in [1.82, 2.24) is 9.97 Å². The second-order valence-corrected chi connectivity index (χ2v) is 5.90. The van der Waals surface area contributed by atoms with E-state index >= 15 is 0 Å². The Balaban J connectivity index is 2.23. The van der Waals surface area contributed by atoms with E-state index in [0.29, 0.717) is 12.5 Å². The lowest BCUT2D eigenvalue weighted by Crippen LogP contribution is -2.26. The molecule has 0 saturated carbocycles. The molecule has 0 bridgehead atoms. The van der Waals surface area contributed by atoms with Crippen molar-refractivity contribution in [1.29, 1.82) is 0 Å². The van der Waals surface area contributed by atoms with E-state index in [1.54, 1.807) is 0 Å². The molecule has 1 saturated heterocycles. The fourth-order valence-corrected chi connectivity index (χ4v) is 2.60. The Morgan fingerprint density at radius 2 is 2.10 bits per heavy atom. The second kappa shape index (κ2) is 5.77. The molecule has 2 atom stereocenters. The lowest BCUT2D eigenvalue weighted by atomic mass is 9.99. The summed E-state index contributed by atoms with van der Waals surface area (Å²) in [6.07, 6.45) is 0. The highest BCUT2D eigenvalue weighted by Crippen LogP contribution is 2.28. The molecule has 1 aliphatic heterocycles. The fourth-order valence-electron chi connectivity index (χ4n) is 2.60. The van der Waals surface area contributed by atoms with Gasteiger partial charge in [-0.2, -0.15) is 0 Å². The topological polar surface area (TPSA) is 55.3 Å². The van der Waals surface area contributed by atoms with Gasteiger partial charge in [-0.1, -0.05) is 20.8 Å². The number of carbonyl (C=O) groups excluding carboxylic acids is 1. The third kappa shape index (κ3) is 2.92. The first-order chi connectivity index (χ1) is 9.42. The van der Waals surface area contributed by atoms with Gasteiger partial charge in [0.15, 0.2) is 0 Å². The predicted octanol–water partition coefficient (Wildman–Crippen LogP) is 2.15. The average molecular weight is 277 g/mol. The number of nitrogens with zero attached hydrogens (tertiary/aromatic N) is 3. The van der Waals surface area contributed by atoms with Crippen molar-refractivity contribution < 1.29 is 9.53 Å². The Bertz CT molecular complexity index is 502. The van der Waals surface area contributed by atoms with Crippen LogP contribution in [0.4, 0.5) is 5.95 Å². The summed E-state index contributed by atoms with van der Waals surface area (Å²) in [5.41, 5.74) is 2.01. The third-order valence-corrected chi connectivity index (χ3v) is 3.85. The summed E-state index contributed by atoms with van der Waals surface area (Å²) in [4.78, 5) is 23.0. The van der Waals surface area contributed by atoms with Crippen molar-refractivity contribution in [3.05, 3.63) is 17.5 Å². The van der Waals surface area contributed by atoms with Crippen LogP contribution in [-0.2, 0) is 9.53 Å². The van der Waals surface area contributed by atoms with E-state index < -0.39 is 0 Å². The summed E-state index contributed by atoms with van der Waals surface area (Å²) in [5, 5.41) is 0. The van der Waals surface area contributed by atoms with Gasteiger partial charge >= 0.3 is 5.97 Å². The maximum absolute atomic E-state index is 11.8. The molecule has 1 aliphatic rings. The lowest BCUT2D eigenvalue weighted by molar-refractivity contribution is -0.145. The number of hydrogen-bond donors (Lipinski definition) is 0. The second-order valence-electron chi connectivity index (χ2n) is 5.90. The number of hydrogen-bond acceptors (Lipinski definition) is 5. The number of aryl methyl sites for hydroxylation is 1. The minimum Gasteiger partial charge on any atom is -0.469 e. The molecule has 2 rings (SSSR count). The van der Waals surface area contributed by atoms with Gasteiger partial charge in [0, 0.05) is 24.5 Å². The molecule has 0 spiro atoms. The van der Waals surface area contributed by atoms with E-state index in [4.69, 9.17) is 4.74 Å². The van der Waals surface area contributed by atoms with Crippen LogP contribution in [0.2, 0.25) is 0 Å². The molecule has 0 aliphatic carbocycles. The summed E-state index contributed by atoms with van der Waals surface area (Å²) in [7, 11) is 1.44. The SMILES string of the molecule is COC(=O)C1CN(c2nc(C)cc(C(C)C)n2)CC1C. The minimum absolute atomic E-state index is 0.0911. The molecule has 2 heterocycles. The molecule has 5 nitrogen and oxygen atoms in total. The molecule has 1 aromatic heterocycles. The molecule has 5 heteroatoms. The van der Waals surface area contributed by atoms with E-state index in [-0.39, 0.29) is 17.8 Å². The molecule has 110 valence electrons. The lowest BCUT2D eigenvalue weighted by Gasteiger charge is -2.18. The summed E-state index contributed by atoms with van der Waals surface area (Å²) in [5.74, 6) is 1.12. The monoisotopic (exact) mass is 277 g/mol. The smallest absolute Gasteiger partial charge is 0.310 e. The van der Waals surface area contributed by atoms with Gasteiger partial charge in [0.1, 0.15) is 0 Å². The Morgan fingerprint density at radius 3 is 2.70 bits per heavy atom. The Hall–Kier alpha value is -1.65. The van der Waals surface area contributed by atoms with Crippen molar-refractivity contribution in [3.8, 4) is 0 Å². The van der Waals surface area contributed by atoms with Crippen LogP contribution in [0.5, 0.6) is 0 Å². The van der Waals surface area contributed by atoms with Crippen LogP contribution in [0, 0.1) is 18.8 Å². The van der Waals surface area contributed by atoms with Crippen LogP contribution in [0.25, 0.3) is 0 Å². The number of anilines is 1. The Morgan fingerprint density at radius 1 is 1.40 bits per heavy atom. The van der Waals surface area contributed by atoms with E-state index in [1.165, 1.54) is 7.11 Å². The minimum atomic E-state index is -0.142. The first kappa shape index (κ1) is 14.8. The van der Waals surface area contributed by atoms with E-state index in [9.17, 15) is 4.79 Å². The molecule has 20 heavy (non-hydrogen) atoms. The Labute approximate surface area is 120 Å². The molecule has 0 amide bonds. The van der Waals surface area contributed by atoms with Gasteiger partial charge in [-0.3, -0.25) is 4.79 Å². The van der Waals surface area contributed by atoms with Gasteiger partial charge in [0.2, 0.25) is 5.95 Å². The van der Waals surface area contributed by atoms with Crippen molar-refractivity contribution in [2.45, 2.75) is 33.6 Å². The van der Waals surface area contributed by atoms with Gasteiger partial charge in [-0.15, -0.1) is 0 Å². The third-order valence-electron chi connectivity index (χ3n) is 3.85. The van der Waals surface area contributed by atoms with E-state index in [0.717, 1.165) is 23.9 Å². The zero-order valence-electron chi connectivity index (χ0n) is 12.9. The van der Waals surface area contributed by atoms with Crippen LogP contribution in [0.15, 0.2) is 6.07 Å². The summed E-state index contributed by atoms with van der Waals surface area (Å²) in [6.45, 7) is 9.72. The van der Waals surface area contributed by atoms with Gasteiger partial charge in [0.05, 0.1) is 13.0 Å². The first-order valence-electron chi connectivity index (χ1n) is 7.10. The van der Waals surface area contributed by atoms with E-state index in [1.807, 2.05) is 13.0 Å². The maximum Gasteiger partial charge on any atom is 0.310 e. The van der Waals surface area contributed by atoms with Crippen LogP contribution < -0.4 is 4.90 Å². The summed E-state index contributed by atoms with van der Waals surface area (Å²) >= 11 is 0. The number of carbonyl (C=O) groups is 1. The summed E-state index contributed by atoms with van der Waals surface area (Å²) < 4.78 is 4.87. The van der Waals surface area contributed by atoms with E-state index in [2.05, 4.69) is 35.6 Å². The highest BCUT2D eigenvalue weighted by atomic mass is 16.5. The molecule has 2 unspecified atom stereocenters. The van der Waals surface area contributed by atoms with Gasteiger partial charge in [-0.25, -0.2) is 9.97 Å². The molecular formula is C15H23N3O2. The van der Waals surface area contributed by atoms with Crippen LogP contribution in [0.1, 0.15) is 38.1 Å². The van der Waals surface area contributed by atoms with Gasteiger partial charge in [-0.05, 0) is 24.8 Å². The van der Waals surface area contributed by atoms with Crippen LogP contribution in [0.3, 0.4) is 0 Å².